The molecule has 0 aromatic heterocycles. The lowest BCUT2D eigenvalue weighted by molar-refractivity contribution is -0.398. The van der Waals surface area contributed by atoms with Crippen LogP contribution in [0.15, 0.2) is 0 Å². The van der Waals surface area contributed by atoms with Gasteiger partial charge in [0.25, 0.3) is 5.60 Å². The van der Waals surface area contributed by atoms with Crippen LogP contribution in [0.4, 0.5) is 26.3 Å². The van der Waals surface area contributed by atoms with Crippen LogP contribution < -0.4 is 0 Å². The van der Waals surface area contributed by atoms with E-state index in [1.807, 2.05) is 0 Å². The number of carbonyl (C=O) groups is 1. The van der Waals surface area contributed by atoms with Crippen molar-refractivity contribution in [3.63, 3.8) is 0 Å². The van der Waals surface area contributed by atoms with Crippen molar-refractivity contribution in [1.82, 2.24) is 0 Å². The zero-order valence-corrected chi connectivity index (χ0v) is 10.4. The smallest absolute Gasteiger partial charge is 0.427 e. The molecule has 0 bridgehead atoms. The zero-order chi connectivity index (χ0) is 15.7. The molecule has 3 nitrogen and oxygen atoms in total. The molecule has 0 saturated carbocycles. The summed E-state index contributed by atoms with van der Waals surface area (Å²) in [6.45, 7) is 2.14. The summed E-state index contributed by atoms with van der Waals surface area (Å²) in [6, 6.07) is 0. The minimum absolute atomic E-state index is 0.381. The van der Waals surface area contributed by atoms with Gasteiger partial charge in [-0.25, -0.2) is 0 Å². The summed E-state index contributed by atoms with van der Waals surface area (Å²) in [5.41, 5.74) is -8.35. The number of carbonyl (C=O) groups excluding carboxylic acids is 1. The third-order valence-electron chi connectivity index (χ3n) is 3.05. The van der Waals surface area contributed by atoms with Crippen molar-refractivity contribution in [3.8, 4) is 0 Å². The first-order chi connectivity index (χ1) is 8.29. The van der Waals surface area contributed by atoms with Crippen LogP contribution >= 0.6 is 0 Å². The Bertz CT molecular complexity index is 321. The zero-order valence-electron chi connectivity index (χ0n) is 10.4. The van der Waals surface area contributed by atoms with Gasteiger partial charge in [-0.15, -0.1) is 0 Å². The van der Waals surface area contributed by atoms with Gasteiger partial charge in [-0.1, -0.05) is 6.92 Å². The quantitative estimate of drug-likeness (QED) is 0.641. The Balaban J connectivity index is 6.05. The standard InChI is InChI=1S/C10H14F6O3/c1-4-7(3,6(17)19-5-2)8(18,9(11,12)13)10(14,15)16/h18H,4-5H2,1-3H3. The van der Waals surface area contributed by atoms with Gasteiger partial charge in [-0.2, -0.15) is 26.3 Å². The largest absolute Gasteiger partial charge is 0.465 e. The molecule has 1 N–H and O–H groups in total. The lowest BCUT2D eigenvalue weighted by Crippen LogP contribution is -2.68. The van der Waals surface area contributed by atoms with E-state index in [4.69, 9.17) is 0 Å². The van der Waals surface area contributed by atoms with Crippen LogP contribution in [0.2, 0.25) is 0 Å². The number of alkyl halides is 6. The number of esters is 1. The summed E-state index contributed by atoms with van der Waals surface area (Å²) in [5, 5.41) is 9.25. The first-order valence-corrected chi connectivity index (χ1v) is 5.32. The maximum absolute atomic E-state index is 12.7. The second-order valence-corrected chi connectivity index (χ2v) is 4.11. The fourth-order valence-corrected chi connectivity index (χ4v) is 1.62. The monoisotopic (exact) mass is 296 g/mol. The van der Waals surface area contributed by atoms with Crippen molar-refractivity contribution >= 4 is 5.97 Å². The highest BCUT2D eigenvalue weighted by molar-refractivity contribution is 5.78. The Kier molecular flexibility index (Phi) is 4.91. The van der Waals surface area contributed by atoms with E-state index in [1.165, 1.54) is 6.92 Å². The number of hydrogen-bond donors (Lipinski definition) is 1. The first-order valence-electron chi connectivity index (χ1n) is 5.32. The SMILES string of the molecule is CCOC(=O)C(C)(CC)C(O)(C(F)(F)F)C(F)(F)F. The lowest BCUT2D eigenvalue weighted by atomic mass is 9.70. The summed E-state index contributed by atoms with van der Waals surface area (Å²) < 4.78 is 80.5. The molecule has 1 atom stereocenters. The molecule has 0 aromatic rings. The lowest BCUT2D eigenvalue weighted by Gasteiger charge is -2.43. The fraction of sp³-hybridized carbons (Fsp3) is 0.900. The van der Waals surface area contributed by atoms with Gasteiger partial charge >= 0.3 is 18.3 Å². The van der Waals surface area contributed by atoms with E-state index in [9.17, 15) is 36.2 Å². The summed E-state index contributed by atoms with van der Waals surface area (Å²) in [7, 11) is 0. The number of ether oxygens (including phenoxy) is 1. The maximum atomic E-state index is 12.7. The van der Waals surface area contributed by atoms with Crippen LogP contribution in [-0.4, -0.2) is 35.6 Å². The summed E-state index contributed by atoms with van der Waals surface area (Å²) in [5.74, 6) is -1.75. The normalized spacial score (nSPS) is 16.9. The van der Waals surface area contributed by atoms with Gasteiger partial charge < -0.3 is 9.84 Å². The molecule has 114 valence electrons. The Morgan fingerprint density at radius 1 is 1.05 bits per heavy atom. The topological polar surface area (TPSA) is 46.5 Å². The van der Waals surface area contributed by atoms with Gasteiger partial charge in [0.1, 0.15) is 5.41 Å². The Hall–Kier alpha value is -0.990. The number of halogens is 6. The van der Waals surface area contributed by atoms with Crippen molar-refractivity contribution in [1.29, 1.82) is 0 Å². The summed E-state index contributed by atoms with van der Waals surface area (Å²) in [4.78, 5) is 11.5. The van der Waals surface area contributed by atoms with E-state index in [1.54, 1.807) is 0 Å². The highest BCUT2D eigenvalue weighted by atomic mass is 19.4. The van der Waals surface area contributed by atoms with Crippen molar-refractivity contribution < 1.29 is 41.0 Å². The average molecular weight is 296 g/mol. The molecule has 0 rings (SSSR count). The molecule has 0 spiro atoms. The second kappa shape index (κ2) is 5.18. The van der Waals surface area contributed by atoms with Crippen LogP contribution in [0, 0.1) is 5.41 Å². The van der Waals surface area contributed by atoms with Gasteiger partial charge in [0, 0.05) is 0 Å². The first kappa shape index (κ1) is 18.0. The van der Waals surface area contributed by atoms with E-state index in [0.717, 1.165) is 6.92 Å². The van der Waals surface area contributed by atoms with Gasteiger partial charge in [0.15, 0.2) is 0 Å². The van der Waals surface area contributed by atoms with E-state index < -0.39 is 42.4 Å². The fourth-order valence-electron chi connectivity index (χ4n) is 1.62. The second-order valence-electron chi connectivity index (χ2n) is 4.11. The molecule has 0 aliphatic heterocycles. The molecule has 19 heavy (non-hydrogen) atoms. The number of rotatable bonds is 4. The Morgan fingerprint density at radius 3 is 1.63 bits per heavy atom. The van der Waals surface area contributed by atoms with Crippen LogP contribution in [-0.2, 0) is 9.53 Å². The average Bonchev–Trinajstić information content (AvgIpc) is 2.23. The molecule has 0 fully saturated rings. The van der Waals surface area contributed by atoms with E-state index in [-0.39, 0.29) is 0 Å². The van der Waals surface area contributed by atoms with Crippen LogP contribution in [0.5, 0.6) is 0 Å². The highest BCUT2D eigenvalue weighted by Gasteiger charge is 2.80. The van der Waals surface area contributed by atoms with E-state index >= 15 is 0 Å². The Labute approximate surface area is 105 Å². The molecular formula is C10H14F6O3. The molecule has 0 aliphatic rings. The van der Waals surface area contributed by atoms with Gasteiger partial charge in [-0.3, -0.25) is 4.79 Å². The van der Waals surface area contributed by atoms with Crippen molar-refractivity contribution in [2.45, 2.75) is 45.1 Å². The van der Waals surface area contributed by atoms with E-state index in [2.05, 4.69) is 4.74 Å². The molecular weight excluding hydrogens is 282 g/mol. The molecule has 0 aromatic carbocycles. The summed E-state index contributed by atoms with van der Waals surface area (Å²) in [6.07, 6.45) is -13.0. The predicted octanol–water partition coefficient (Wildman–Crippen LogP) is 2.82. The highest BCUT2D eigenvalue weighted by Crippen LogP contribution is 2.54. The van der Waals surface area contributed by atoms with Gasteiger partial charge in [0.05, 0.1) is 6.61 Å². The third kappa shape index (κ3) is 2.65. The minimum Gasteiger partial charge on any atom is -0.465 e. The number of hydrogen-bond acceptors (Lipinski definition) is 3. The molecule has 0 heterocycles. The van der Waals surface area contributed by atoms with Crippen LogP contribution in [0.3, 0.4) is 0 Å². The number of aliphatic hydroxyl groups is 1. The molecule has 0 radical (unpaired) electrons. The molecule has 9 heteroatoms. The molecule has 0 amide bonds. The van der Waals surface area contributed by atoms with E-state index in [0.29, 0.717) is 6.92 Å². The third-order valence-corrected chi connectivity index (χ3v) is 3.05. The van der Waals surface area contributed by atoms with Crippen molar-refractivity contribution in [2.24, 2.45) is 5.41 Å². The molecule has 0 aliphatic carbocycles. The van der Waals surface area contributed by atoms with Crippen LogP contribution in [0.1, 0.15) is 27.2 Å². The molecule has 1 unspecified atom stereocenters. The summed E-state index contributed by atoms with van der Waals surface area (Å²) >= 11 is 0. The maximum Gasteiger partial charge on any atom is 0.427 e. The van der Waals surface area contributed by atoms with Crippen molar-refractivity contribution in [3.05, 3.63) is 0 Å². The molecule has 0 saturated heterocycles. The predicted molar refractivity (Wildman–Crippen MR) is 52.1 cm³/mol. The van der Waals surface area contributed by atoms with Gasteiger partial charge in [-0.05, 0) is 20.3 Å². The van der Waals surface area contributed by atoms with Gasteiger partial charge in [0.2, 0.25) is 0 Å². The minimum atomic E-state index is -6.07. The van der Waals surface area contributed by atoms with Crippen LogP contribution in [0.25, 0.3) is 0 Å². The Morgan fingerprint density at radius 2 is 1.42 bits per heavy atom. The van der Waals surface area contributed by atoms with Crippen molar-refractivity contribution in [2.75, 3.05) is 6.61 Å².